The lowest BCUT2D eigenvalue weighted by molar-refractivity contribution is -0.204. The van der Waals surface area contributed by atoms with E-state index in [9.17, 15) is 5.11 Å². The Morgan fingerprint density at radius 1 is 1.23 bits per heavy atom. The van der Waals surface area contributed by atoms with Gasteiger partial charge in [0.1, 0.15) is 0 Å². The molecule has 0 aromatic rings. The second kappa shape index (κ2) is 2.60. The Morgan fingerprint density at radius 3 is 2.46 bits per heavy atom. The van der Waals surface area contributed by atoms with Crippen LogP contribution in [-0.2, 0) is 0 Å². The molecule has 13 heavy (non-hydrogen) atoms. The van der Waals surface area contributed by atoms with Gasteiger partial charge in [-0.1, -0.05) is 32.4 Å². The van der Waals surface area contributed by atoms with Crippen molar-refractivity contribution in [3.63, 3.8) is 0 Å². The lowest BCUT2D eigenvalue weighted by Gasteiger charge is -2.61. The first-order chi connectivity index (χ1) is 6.04. The Morgan fingerprint density at radius 2 is 1.85 bits per heavy atom. The summed E-state index contributed by atoms with van der Waals surface area (Å²) in [4.78, 5) is 0. The molecule has 0 aromatic carbocycles. The first-order valence-corrected chi connectivity index (χ1v) is 5.40. The maximum Gasteiger partial charge on any atom is 0.0911 e. The van der Waals surface area contributed by atoms with Gasteiger partial charge in [-0.05, 0) is 31.6 Å². The van der Waals surface area contributed by atoms with Crippen LogP contribution in [0.4, 0.5) is 0 Å². The number of hydrogen-bond donors (Lipinski definition) is 1. The number of allylic oxidation sites excluding steroid dienone is 1. The van der Waals surface area contributed by atoms with E-state index < -0.39 is 5.60 Å². The lowest BCUT2D eigenvalue weighted by Crippen LogP contribution is -2.65. The second-order valence-corrected chi connectivity index (χ2v) is 5.19. The van der Waals surface area contributed by atoms with Crippen molar-refractivity contribution in [2.75, 3.05) is 0 Å². The summed E-state index contributed by atoms with van der Waals surface area (Å²) >= 11 is 0. The van der Waals surface area contributed by atoms with Crippen molar-refractivity contribution in [2.45, 2.75) is 45.6 Å². The van der Waals surface area contributed by atoms with Crippen LogP contribution in [0.25, 0.3) is 0 Å². The number of aliphatic hydroxyl groups is 1. The van der Waals surface area contributed by atoms with Crippen LogP contribution in [0.3, 0.4) is 0 Å². The standard InChI is InChI=1S/C12H20O/c1-4-8-12(13)10-7-5-6-9(10)11(12,2)3/h4,8-10,13H,5-7H2,1-3H3/b8-4-/t9-,10+,12+/m1/s1. The average Bonchev–Trinajstić information content (AvgIpc) is 2.51. The van der Waals surface area contributed by atoms with Crippen LogP contribution in [0.2, 0.25) is 0 Å². The molecule has 0 bridgehead atoms. The van der Waals surface area contributed by atoms with E-state index >= 15 is 0 Å². The summed E-state index contributed by atoms with van der Waals surface area (Å²) in [7, 11) is 0. The van der Waals surface area contributed by atoms with Crippen molar-refractivity contribution < 1.29 is 5.11 Å². The number of hydrogen-bond acceptors (Lipinski definition) is 1. The molecule has 2 saturated carbocycles. The maximum atomic E-state index is 10.5. The van der Waals surface area contributed by atoms with E-state index in [4.69, 9.17) is 0 Å². The minimum absolute atomic E-state index is 0.0979. The van der Waals surface area contributed by atoms with E-state index in [1.807, 2.05) is 19.1 Å². The number of fused-ring (bicyclic) bond motifs is 1. The zero-order valence-corrected chi connectivity index (χ0v) is 8.88. The van der Waals surface area contributed by atoms with Crippen molar-refractivity contribution in [2.24, 2.45) is 17.3 Å². The Bertz CT molecular complexity index is 242. The zero-order valence-electron chi connectivity index (χ0n) is 8.88. The third kappa shape index (κ3) is 0.914. The molecule has 2 fully saturated rings. The van der Waals surface area contributed by atoms with Gasteiger partial charge in [0.2, 0.25) is 0 Å². The fourth-order valence-electron chi connectivity index (χ4n) is 3.62. The Hall–Kier alpha value is -0.300. The third-order valence-electron chi connectivity index (χ3n) is 4.46. The second-order valence-electron chi connectivity index (χ2n) is 5.19. The van der Waals surface area contributed by atoms with Gasteiger partial charge < -0.3 is 5.11 Å². The first kappa shape index (κ1) is 9.26. The SMILES string of the molecule is C/C=C\[C@]1(O)[C@H]2CCC[C@H]2C1(C)C. The molecule has 2 rings (SSSR count). The summed E-state index contributed by atoms with van der Waals surface area (Å²) in [6, 6.07) is 0. The molecule has 0 amide bonds. The van der Waals surface area contributed by atoms with Gasteiger partial charge in [-0.15, -0.1) is 0 Å². The van der Waals surface area contributed by atoms with Gasteiger partial charge in [0.15, 0.2) is 0 Å². The summed E-state index contributed by atoms with van der Waals surface area (Å²) in [5.74, 6) is 1.30. The van der Waals surface area contributed by atoms with E-state index in [1.165, 1.54) is 19.3 Å². The van der Waals surface area contributed by atoms with Gasteiger partial charge in [-0.3, -0.25) is 0 Å². The fourth-order valence-corrected chi connectivity index (χ4v) is 3.62. The Labute approximate surface area is 80.8 Å². The van der Waals surface area contributed by atoms with E-state index in [2.05, 4.69) is 13.8 Å². The highest BCUT2D eigenvalue weighted by atomic mass is 16.3. The van der Waals surface area contributed by atoms with Crippen molar-refractivity contribution in [1.29, 1.82) is 0 Å². The van der Waals surface area contributed by atoms with Gasteiger partial charge in [0.25, 0.3) is 0 Å². The molecule has 0 aromatic heterocycles. The molecule has 1 nitrogen and oxygen atoms in total. The quantitative estimate of drug-likeness (QED) is 0.615. The third-order valence-corrected chi connectivity index (χ3v) is 4.46. The topological polar surface area (TPSA) is 20.2 Å². The largest absolute Gasteiger partial charge is 0.385 e. The van der Waals surface area contributed by atoms with Crippen LogP contribution in [0.15, 0.2) is 12.2 Å². The molecule has 1 N–H and O–H groups in total. The van der Waals surface area contributed by atoms with Crippen LogP contribution in [0, 0.1) is 17.3 Å². The highest BCUT2D eigenvalue weighted by Gasteiger charge is 2.65. The van der Waals surface area contributed by atoms with E-state index in [0.717, 1.165) is 5.92 Å². The van der Waals surface area contributed by atoms with E-state index in [-0.39, 0.29) is 5.41 Å². The smallest absolute Gasteiger partial charge is 0.0911 e. The van der Waals surface area contributed by atoms with E-state index in [0.29, 0.717) is 5.92 Å². The monoisotopic (exact) mass is 180 g/mol. The van der Waals surface area contributed by atoms with Gasteiger partial charge >= 0.3 is 0 Å². The van der Waals surface area contributed by atoms with Crippen molar-refractivity contribution in [3.05, 3.63) is 12.2 Å². The molecule has 0 saturated heterocycles. The fraction of sp³-hybridized carbons (Fsp3) is 0.833. The lowest BCUT2D eigenvalue weighted by atomic mass is 9.46. The predicted molar refractivity (Wildman–Crippen MR) is 54.4 cm³/mol. The summed E-state index contributed by atoms with van der Waals surface area (Å²) < 4.78 is 0. The van der Waals surface area contributed by atoms with Gasteiger partial charge in [-0.25, -0.2) is 0 Å². The molecular formula is C12H20O. The molecule has 0 heterocycles. The minimum Gasteiger partial charge on any atom is -0.385 e. The van der Waals surface area contributed by atoms with Crippen LogP contribution >= 0.6 is 0 Å². The van der Waals surface area contributed by atoms with Crippen molar-refractivity contribution in [3.8, 4) is 0 Å². The summed E-state index contributed by atoms with van der Waals surface area (Å²) in [6.07, 6.45) is 7.85. The van der Waals surface area contributed by atoms with Gasteiger partial charge in [-0.2, -0.15) is 0 Å². The first-order valence-electron chi connectivity index (χ1n) is 5.40. The molecule has 0 unspecified atom stereocenters. The molecule has 3 atom stereocenters. The molecule has 0 aliphatic heterocycles. The molecule has 1 heteroatoms. The van der Waals surface area contributed by atoms with Crippen molar-refractivity contribution in [1.82, 2.24) is 0 Å². The minimum atomic E-state index is -0.511. The zero-order chi connectivity index (χ0) is 9.69. The van der Waals surface area contributed by atoms with E-state index in [1.54, 1.807) is 0 Å². The molecule has 74 valence electrons. The normalized spacial score (nSPS) is 47.7. The highest BCUT2D eigenvalue weighted by Crippen LogP contribution is 2.65. The molecular weight excluding hydrogens is 160 g/mol. The summed E-state index contributed by atoms with van der Waals surface area (Å²) in [5.41, 5.74) is -0.413. The maximum absolute atomic E-state index is 10.5. The van der Waals surface area contributed by atoms with Crippen LogP contribution < -0.4 is 0 Å². The van der Waals surface area contributed by atoms with Gasteiger partial charge in [0, 0.05) is 5.41 Å². The average molecular weight is 180 g/mol. The van der Waals surface area contributed by atoms with Crippen LogP contribution in [0.1, 0.15) is 40.0 Å². The molecule has 0 radical (unpaired) electrons. The predicted octanol–water partition coefficient (Wildman–Crippen LogP) is 2.75. The molecule has 2 aliphatic rings. The molecule has 2 aliphatic carbocycles. The highest BCUT2D eigenvalue weighted by molar-refractivity contribution is 5.24. The Kier molecular flexibility index (Phi) is 1.85. The van der Waals surface area contributed by atoms with Crippen molar-refractivity contribution >= 4 is 0 Å². The van der Waals surface area contributed by atoms with Crippen LogP contribution in [-0.4, -0.2) is 10.7 Å². The Balaban J connectivity index is 2.29. The van der Waals surface area contributed by atoms with Crippen LogP contribution in [0.5, 0.6) is 0 Å². The summed E-state index contributed by atoms with van der Waals surface area (Å²) in [5, 5.41) is 10.5. The van der Waals surface area contributed by atoms with Gasteiger partial charge in [0.05, 0.1) is 5.60 Å². The summed E-state index contributed by atoms with van der Waals surface area (Å²) in [6.45, 7) is 6.41. The number of rotatable bonds is 1. The molecule has 0 spiro atoms.